The number of aliphatic hydroxyl groups excluding tert-OH is 2. The molecule has 3 nitrogen and oxygen atoms in total. The first-order valence-corrected chi connectivity index (χ1v) is 13.8. The average molecular weight is 461 g/mol. The molecule has 3 N–H and O–H groups in total. The third kappa shape index (κ3) is 3.61. The Morgan fingerprint density at radius 2 is 1.55 bits per heavy atom. The van der Waals surface area contributed by atoms with Gasteiger partial charge in [-0.2, -0.15) is 0 Å². The van der Waals surface area contributed by atoms with Gasteiger partial charge >= 0.3 is 0 Å². The summed E-state index contributed by atoms with van der Waals surface area (Å²) >= 11 is 0. The molecule has 0 aromatic rings. The SMILES string of the molecule is CC(C)=CCC[C@](C)(O)[C@H]1CC[C@@]2(C)[C@@H]1[C@H](O)C[C@@H]1[C@@]3(C)CC[C@@H](O)C(C)(C)[C@@H]3CC[C@]12C. The fourth-order valence-electron chi connectivity index (χ4n) is 10.3. The normalized spacial score (nSPS) is 50.5. The van der Waals surface area contributed by atoms with Crippen molar-refractivity contribution in [2.24, 2.45) is 45.3 Å². The number of rotatable bonds is 4. The molecule has 0 aliphatic heterocycles. The van der Waals surface area contributed by atoms with Crippen molar-refractivity contribution >= 4 is 0 Å². The van der Waals surface area contributed by atoms with E-state index in [1.54, 1.807) is 0 Å². The van der Waals surface area contributed by atoms with Crippen molar-refractivity contribution in [1.29, 1.82) is 0 Å². The summed E-state index contributed by atoms with van der Waals surface area (Å²) in [6.45, 7) is 18.3. The van der Waals surface area contributed by atoms with Crippen LogP contribution in [0.3, 0.4) is 0 Å². The zero-order valence-corrected chi connectivity index (χ0v) is 22.7. The number of aliphatic hydroxyl groups is 3. The molecular formula is C30H52O3. The van der Waals surface area contributed by atoms with E-state index in [4.69, 9.17) is 0 Å². The van der Waals surface area contributed by atoms with E-state index >= 15 is 0 Å². The third-order valence-electron chi connectivity index (χ3n) is 12.4. The minimum atomic E-state index is -0.739. The van der Waals surface area contributed by atoms with Gasteiger partial charge in [-0.3, -0.25) is 0 Å². The molecule has 4 fully saturated rings. The maximum atomic E-state index is 11.8. The van der Waals surface area contributed by atoms with E-state index in [-0.39, 0.29) is 45.7 Å². The van der Waals surface area contributed by atoms with Crippen LogP contribution in [0.1, 0.15) is 113 Å². The second-order valence-corrected chi connectivity index (χ2v) is 14.5. The predicted molar refractivity (Wildman–Crippen MR) is 136 cm³/mol. The molecule has 4 aliphatic rings. The summed E-state index contributed by atoms with van der Waals surface area (Å²) in [5.74, 6) is 1.31. The number of hydrogen-bond donors (Lipinski definition) is 3. The van der Waals surface area contributed by atoms with Crippen LogP contribution in [0.4, 0.5) is 0 Å². The van der Waals surface area contributed by atoms with Crippen molar-refractivity contribution in [2.75, 3.05) is 0 Å². The summed E-state index contributed by atoms with van der Waals surface area (Å²) < 4.78 is 0. The first kappa shape index (κ1) is 25.7. The van der Waals surface area contributed by atoms with Gasteiger partial charge in [-0.25, -0.2) is 0 Å². The zero-order chi connectivity index (χ0) is 24.6. The molecule has 33 heavy (non-hydrogen) atoms. The highest BCUT2D eigenvalue weighted by Gasteiger charge is 2.71. The highest BCUT2D eigenvalue weighted by molar-refractivity contribution is 5.20. The molecule has 0 aromatic carbocycles. The molecule has 0 heterocycles. The Kier molecular flexibility index (Phi) is 6.28. The van der Waals surface area contributed by atoms with Crippen LogP contribution in [-0.2, 0) is 0 Å². The zero-order valence-electron chi connectivity index (χ0n) is 22.7. The van der Waals surface area contributed by atoms with Gasteiger partial charge in [0.15, 0.2) is 0 Å². The van der Waals surface area contributed by atoms with Gasteiger partial charge in [0.25, 0.3) is 0 Å². The van der Waals surface area contributed by atoms with Gasteiger partial charge in [-0.15, -0.1) is 0 Å². The van der Waals surface area contributed by atoms with E-state index in [9.17, 15) is 15.3 Å². The lowest BCUT2D eigenvalue weighted by molar-refractivity contribution is -0.246. The summed E-state index contributed by atoms with van der Waals surface area (Å²) in [6.07, 6.45) is 10.6. The Hall–Kier alpha value is -0.380. The van der Waals surface area contributed by atoms with Gasteiger partial charge in [0.05, 0.1) is 17.8 Å². The van der Waals surface area contributed by atoms with Crippen molar-refractivity contribution in [3.8, 4) is 0 Å². The van der Waals surface area contributed by atoms with E-state index in [0.29, 0.717) is 11.8 Å². The summed E-state index contributed by atoms with van der Waals surface area (Å²) in [7, 11) is 0. The van der Waals surface area contributed by atoms with Gasteiger partial charge < -0.3 is 15.3 Å². The Bertz CT molecular complexity index is 779. The van der Waals surface area contributed by atoms with E-state index in [1.807, 2.05) is 6.92 Å². The molecule has 0 bridgehead atoms. The number of hydrogen-bond acceptors (Lipinski definition) is 3. The highest BCUT2D eigenvalue weighted by atomic mass is 16.3. The van der Waals surface area contributed by atoms with Gasteiger partial charge in [-0.05, 0) is 124 Å². The Morgan fingerprint density at radius 3 is 2.18 bits per heavy atom. The lowest BCUT2D eigenvalue weighted by Gasteiger charge is -2.70. The van der Waals surface area contributed by atoms with Crippen LogP contribution in [0, 0.1) is 45.3 Å². The van der Waals surface area contributed by atoms with Crippen LogP contribution in [0.25, 0.3) is 0 Å². The van der Waals surface area contributed by atoms with Gasteiger partial charge in [0.1, 0.15) is 0 Å². The molecule has 4 rings (SSSR count). The van der Waals surface area contributed by atoms with Crippen LogP contribution in [-0.4, -0.2) is 33.1 Å². The quantitative estimate of drug-likeness (QED) is 0.420. The molecule has 190 valence electrons. The Labute approximate surface area is 203 Å². The van der Waals surface area contributed by atoms with E-state index < -0.39 is 5.60 Å². The van der Waals surface area contributed by atoms with E-state index in [1.165, 1.54) is 18.4 Å². The molecule has 3 heteroatoms. The first-order valence-electron chi connectivity index (χ1n) is 13.8. The van der Waals surface area contributed by atoms with Crippen molar-refractivity contribution in [3.05, 3.63) is 11.6 Å². The van der Waals surface area contributed by atoms with Crippen LogP contribution in [0.2, 0.25) is 0 Å². The first-order chi connectivity index (χ1) is 15.1. The molecular weight excluding hydrogens is 408 g/mol. The molecule has 0 unspecified atom stereocenters. The van der Waals surface area contributed by atoms with Crippen LogP contribution in [0.15, 0.2) is 11.6 Å². The second kappa shape index (κ2) is 8.07. The standard InChI is InChI=1S/C30H52O3/c1-19(2)10-9-14-30(8,33)20-11-16-29(7)25(20)21(31)18-23-27(5)15-13-24(32)26(3,4)22(27)12-17-28(23,29)6/h10,20-25,31-33H,9,11-18H2,1-8H3/t20-,21+,22-,23+,24+,25-,27-,28+,29-,30-/m0/s1. The molecule has 4 saturated carbocycles. The smallest absolute Gasteiger partial charge is 0.0654 e. The summed E-state index contributed by atoms with van der Waals surface area (Å²) in [6, 6.07) is 0. The maximum Gasteiger partial charge on any atom is 0.0654 e. The number of fused-ring (bicyclic) bond motifs is 5. The van der Waals surface area contributed by atoms with Crippen molar-refractivity contribution in [1.82, 2.24) is 0 Å². The molecule has 0 radical (unpaired) electrons. The van der Waals surface area contributed by atoms with Gasteiger partial charge in [0, 0.05) is 0 Å². The Balaban J connectivity index is 1.66. The minimum absolute atomic E-state index is 0.0503. The molecule has 4 aliphatic carbocycles. The Morgan fingerprint density at radius 1 is 0.909 bits per heavy atom. The molecule has 10 atom stereocenters. The third-order valence-corrected chi connectivity index (χ3v) is 12.4. The fraction of sp³-hybridized carbons (Fsp3) is 0.933. The largest absolute Gasteiger partial charge is 0.393 e. The van der Waals surface area contributed by atoms with E-state index in [2.05, 4.69) is 54.5 Å². The van der Waals surface area contributed by atoms with E-state index in [0.717, 1.165) is 44.9 Å². The van der Waals surface area contributed by atoms with Gasteiger partial charge in [-0.1, -0.05) is 46.3 Å². The number of allylic oxidation sites excluding steroid dienone is 2. The molecule has 0 aromatic heterocycles. The molecule has 0 saturated heterocycles. The van der Waals surface area contributed by atoms with Crippen LogP contribution < -0.4 is 0 Å². The summed E-state index contributed by atoms with van der Waals surface area (Å²) in [5, 5.41) is 34.3. The maximum absolute atomic E-state index is 11.8. The van der Waals surface area contributed by atoms with Crippen LogP contribution >= 0.6 is 0 Å². The average Bonchev–Trinajstić information content (AvgIpc) is 3.08. The van der Waals surface area contributed by atoms with Crippen LogP contribution in [0.5, 0.6) is 0 Å². The van der Waals surface area contributed by atoms with Crippen molar-refractivity contribution < 1.29 is 15.3 Å². The lowest BCUT2D eigenvalue weighted by Crippen LogP contribution is -2.66. The monoisotopic (exact) mass is 460 g/mol. The van der Waals surface area contributed by atoms with Gasteiger partial charge in [0.2, 0.25) is 0 Å². The topological polar surface area (TPSA) is 60.7 Å². The molecule has 0 amide bonds. The molecule has 0 spiro atoms. The summed E-state index contributed by atoms with van der Waals surface area (Å²) in [4.78, 5) is 0. The predicted octanol–water partition coefficient (Wildman–Crippen LogP) is 6.50. The second-order valence-electron chi connectivity index (χ2n) is 14.5. The highest BCUT2D eigenvalue weighted by Crippen LogP contribution is 2.75. The fourth-order valence-corrected chi connectivity index (χ4v) is 10.3. The summed E-state index contributed by atoms with van der Waals surface area (Å²) in [5.41, 5.74) is 0.885. The lowest BCUT2D eigenvalue weighted by atomic mass is 9.35. The van der Waals surface area contributed by atoms with Crippen molar-refractivity contribution in [3.63, 3.8) is 0 Å². The van der Waals surface area contributed by atoms with Crippen molar-refractivity contribution in [2.45, 2.75) is 131 Å². The minimum Gasteiger partial charge on any atom is -0.393 e.